The molecule has 0 saturated carbocycles. The summed E-state index contributed by atoms with van der Waals surface area (Å²) < 4.78 is 12.4. The van der Waals surface area contributed by atoms with Crippen LogP contribution in [0.1, 0.15) is 25.3 Å². The van der Waals surface area contributed by atoms with Crippen molar-refractivity contribution < 1.29 is 9.18 Å². The van der Waals surface area contributed by atoms with E-state index in [4.69, 9.17) is 0 Å². The summed E-state index contributed by atoms with van der Waals surface area (Å²) in [7, 11) is 0. The van der Waals surface area contributed by atoms with Gasteiger partial charge in [0.05, 0.1) is 0 Å². The average Bonchev–Trinajstić information content (AvgIpc) is 2.18. The third-order valence-electron chi connectivity index (χ3n) is 2.08. The molecule has 15 heavy (non-hydrogen) atoms. The van der Waals surface area contributed by atoms with Crippen molar-refractivity contribution in [1.82, 2.24) is 0 Å². The molecule has 80 valence electrons. The fourth-order valence-electron chi connectivity index (χ4n) is 1.15. The first-order valence-electron chi connectivity index (χ1n) is 4.76. The lowest BCUT2D eigenvalue weighted by Gasteiger charge is -2.07. The Kier molecular flexibility index (Phi) is 3.61. The summed E-state index contributed by atoms with van der Waals surface area (Å²) >= 11 is 0. The number of nitrogens with one attached hydrogen (secondary N) is 1. The van der Waals surface area contributed by atoms with Gasteiger partial charge in [-0.05, 0) is 23.6 Å². The maximum Gasteiger partial charge on any atom is 0.283 e. The van der Waals surface area contributed by atoms with E-state index in [1.54, 1.807) is 12.1 Å². The summed E-state index contributed by atoms with van der Waals surface area (Å²) in [5, 5.41) is 2.39. The zero-order valence-corrected chi connectivity index (χ0v) is 8.88. The number of halogens is 1. The second-order valence-corrected chi connectivity index (χ2v) is 3.64. The minimum atomic E-state index is -0.983. The van der Waals surface area contributed by atoms with Crippen molar-refractivity contribution in [2.24, 2.45) is 0 Å². The van der Waals surface area contributed by atoms with Crippen molar-refractivity contribution >= 4 is 11.6 Å². The Morgan fingerprint density at radius 1 is 1.33 bits per heavy atom. The largest absolute Gasteiger partial charge is 0.320 e. The summed E-state index contributed by atoms with van der Waals surface area (Å²) in [5.74, 6) is -1.35. The molecule has 0 spiro atoms. The minimum absolute atomic E-state index is 0.436. The number of hydrogen-bond donors (Lipinski definition) is 1. The van der Waals surface area contributed by atoms with Crippen molar-refractivity contribution in [2.75, 3.05) is 5.32 Å². The van der Waals surface area contributed by atoms with Crippen molar-refractivity contribution in [3.63, 3.8) is 0 Å². The molecule has 1 rings (SSSR count). The smallest absolute Gasteiger partial charge is 0.283 e. The van der Waals surface area contributed by atoms with Gasteiger partial charge in [0.25, 0.3) is 5.91 Å². The fourth-order valence-corrected chi connectivity index (χ4v) is 1.15. The van der Waals surface area contributed by atoms with Crippen molar-refractivity contribution in [1.29, 1.82) is 0 Å². The maximum atomic E-state index is 12.4. The molecule has 0 aliphatic carbocycles. The lowest BCUT2D eigenvalue weighted by atomic mass is 10.0. The van der Waals surface area contributed by atoms with Crippen LogP contribution in [0.25, 0.3) is 0 Å². The van der Waals surface area contributed by atoms with Gasteiger partial charge >= 0.3 is 0 Å². The Bertz CT molecular complexity index is 368. The predicted octanol–water partition coefficient (Wildman–Crippen LogP) is 3.23. The first-order valence-corrected chi connectivity index (χ1v) is 4.76. The molecular formula is C12H14FNO. The van der Waals surface area contributed by atoms with Crippen molar-refractivity contribution in [3.05, 3.63) is 42.2 Å². The molecule has 0 aliphatic heterocycles. The van der Waals surface area contributed by atoms with Crippen LogP contribution in [0, 0.1) is 0 Å². The van der Waals surface area contributed by atoms with E-state index in [9.17, 15) is 9.18 Å². The highest BCUT2D eigenvalue weighted by Gasteiger charge is 2.06. The van der Waals surface area contributed by atoms with Crippen LogP contribution in [0.5, 0.6) is 0 Å². The lowest BCUT2D eigenvalue weighted by Crippen LogP contribution is -2.11. The zero-order valence-electron chi connectivity index (χ0n) is 8.88. The van der Waals surface area contributed by atoms with E-state index in [1.165, 1.54) is 5.56 Å². The fraction of sp³-hybridized carbons (Fsp3) is 0.250. The summed E-state index contributed by atoms with van der Waals surface area (Å²) in [6, 6.07) is 7.30. The van der Waals surface area contributed by atoms with E-state index < -0.39 is 11.7 Å². The molecule has 1 amide bonds. The standard InChI is InChI=1S/C12H14FNO/c1-8(2)10-4-6-11(7-5-10)14-12(15)9(3)13/h4-8H,3H2,1-2H3,(H,14,15). The Labute approximate surface area is 88.8 Å². The SMILES string of the molecule is C=C(F)C(=O)Nc1ccc(C(C)C)cc1. The first-order chi connectivity index (χ1) is 7.00. The molecule has 0 aliphatic rings. The van der Waals surface area contributed by atoms with Crippen molar-refractivity contribution in [2.45, 2.75) is 19.8 Å². The molecule has 1 aromatic carbocycles. The van der Waals surface area contributed by atoms with Crippen LogP contribution in [-0.4, -0.2) is 5.91 Å². The molecule has 0 atom stereocenters. The molecule has 0 aromatic heterocycles. The van der Waals surface area contributed by atoms with Gasteiger partial charge in [0.1, 0.15) is 0 Å². The van der Waals surface area contributed by atoms with E-state index in [0.29, 0.717) is 11.6 Å². The molecule has 1 N–H and O–H groups in total. The summed E-state index contributed by atoms with van der Waals surface area (Å²) in [5.41, 5.74) is 1.75. The van der Waals surface area contributed by atoms with Gasteiger partial charge in [-0.15, -0.1) is 0 Å². The molecule has 0 heterocycles. The molecule has 0 fully saturated rings. The molecule has 3 heteroatoms. The van der Waals surface area contributed by atoms with E-state index in [1.807, 2.05) is 12.1 Å². The van der Waals surface area contributed by atoms with Crippen LogP contribution in [0.15, 0.2) is 36.7 Å². The van der Waals surface area contributed by atoms with Gasteiger partial charge < -0.3 is 5.32 Å². The van der Waals surface area contributed by atoms with E-state index in [0.717, 1.165) is 0 Å². The van der Waals surface area contributed by atoms with Gasteiger partial charge in [-0.2, -0.15) is 0 Å². The second-order valence-electron chi connectivity index (χ2n) is 3.64. The number of amides is 1. The van der Waals surface area contributed by atoms with E-state index in [-0.39, 0.29) is 0 Å². The molecule has 0 radical (unpaired) electrons. The molecular weight excluding hydrogens is 193 g/mol. The van der Waals surface area contributed by atoms with Gasteiger partial charge in [0, 0.05) is 5.69 Å². The van der Waals surface area contributed by atoms with Gasteiger partial charge in [0.2, 0.25) is 0 Å². The highest BCUT2D eigenvalue weighted by atomic mass is 19.1. The molecule has 2 nitrogen and oxygen atoms in total. The molecule has 0 saturated heterocycles. The van der Waals surface area contributed by atoms with Crippen LogP contribution < -0.4 is 5.32 Å². The van der Waals surface area contributed by atoms with Crippen molar-refractivity contribution in [3.8, 4) is 0 Å². The molecule has 0 bridgehead atoms. The second kappa shape index (κ2) is 4.73. The number of benzene rings is 1. The van der Waals surface area contributed by atoms with Crippen LogP contribution in [0.3, 0.4) is 0 Å². The number of hydrogen-bond acceptors (Lipinski definition) is 1. The number of carbonyl (C=O) groups excluding carboxylic acids is 1. The van der Waals surface area contributed by atoms with Crippen LogP contribution in [0.4, 0.5) is 10.1 Å². The molecule has 0 unspecified atom stereocenters. The first kappa shape index (κ1) is 11.4. The summed E-state index contributed by atoms with van der Waals surface area (Å²) in [4.78, 5) is 10.9. The topological polar surface area (TPSA) is 29.1 Å². The predicted molar refractivity (Wildman–Crippen MR) is 59.4 cm³/mol. The van der Waals surface area contributed by atoms with E-state index >= 15 is 0 Å². The third-order valence-corrected chi connectivity index (χ3v) is 2.08. The van der Waals surface area contributed by atoms with Gasteiger partial charge in [0.15, 0.2) is 5.83 Å². The minimum Gasteiger partial charge on any atom is -0.320 e. The number of rotatable bonds is 3. The Balaban J connectivity index is 2.73. The average molecular weight is 207 g/mol. The molecule has 1 aromatic rings. The normalized spacial score (nSPS) is 10.1. The number of carbonyl (C=O) groups is 1. The lowest BCUT2D eigenvalue weighted by molar-refractivity contribution is -0.114. The van der Waals surface area contributed by atoms with Gasteiger partial charge in [-0.1, -0.05) is 32.6 Å². The third kappa shape index (κ3) is 3.20. The van der Waals surface area contributed by atoms with Crippen LogP contribution >= 0.6 is 0 Å². The van der Waals surface area contributed by atoms with E-state index in [2.05, 4.69) is 25.7 Å². The quantitative estimate of drug-likeness (QED) is 0.757. The van der Waals surface area contributed by atoms with Gasteiger partial charge in [-0.25, -0.2) is 4.39 Å². The maximum absolute atomic E-state index is 12.4. The van der Waals surface area contributed by atoms with Gasteiger partial charge in [-0.3, -0.25) is 4.79 Å². The van der Waals surface area contributed by atoms with Crippen LogP contribution in [-0.2, 0) is 4.79 Å². The monoisotopic (exact) mass is 207 g/mol. The summed E-state index contributed by atoms with van der Waals surface area (Å²) in [6.45, 7) is 7.08. The Morgan fingerprint density at radius 3 is 2.27 bits per heavy atom. The Morgan fingerprint density at radius 2 is 1.87 bits per heavy atom. The number of anilines is 1. The van der Waals surface area contributed by atoms with Crippen LogP contribution in [0.2, 0.25) is 0 Å². The Hall–Kier alpha value is -1.64. The summed E-state index contributed by atoms with van der Waals surface area (Å²) in [6.07, 6.45) is 0. The highest BCUT2D eigenvalue weighted by Crippen LogP contribution is 2.17. The highest BCUT2D eigenvalue weighted by molar-refractivity contribution is 6.01. The zero-order chi connectivity index (χ0) is 11.4.